The van der Waals surface area contributed by atoms with E-state index in [0.29, 0.717) is 36.3 Å². The summed E-state index contributed by atoms with van der Waals surface area (Å²) in [6.07, 6.45) is 1.03. The monoisotopic (exact) mass is 361 g/mol. The fourth-order valence-electron chi connectivity index (χ4n) is 2.66. The van der Waals surface area contributed by atoms with Crippen molar-refractivity contribution in [3.05, 3.63) is 52.5 Å². The molecule has 1 N–H and O–H groups in total. The lowest BCUT2D eigenvalue weighted by Gasteiger charge is -2.18. The molecule has 1 aliphatic rings. The molecule has 1 heterocycles. The van der Waals surface area contributed by atoms with Gasteiger partial charge in [0.05, 0.1) is 24.7 Å². The van der Waals surface area contributed by atoms with Crippen molar-refractivity contribution in [3.8, 4) is 17.2 Å². The van der Waals surface area contributed by atoms with E-state index in [1.165, 1.54) is 0 Å². The number of hydrogen-bond donors (Lipinski definition) is 1. The van der Waals surface area contributed by atoms with E-state index in [2.05, 4.69) is 0 Å². The standard InChI is InChI=1S/C19H20ClNO4/c1-21(12-13-3-5-15(22)6-4-13)18(23)11-14-9-16(20)19-17(10-14)24-7-2-8-25-19/h3-6,9-10,22H,2,7-8,11-12H2,1H3. The molecule has 1 amide bonds. The van der Waals surface area contributed by atoms with E-state index < -0.39 is 0 Å². The number of nitrogens with zero attached hydrogens (tertiary/aromatic N) is 1. The van der Waals surface area contributed by atoms with Gasteiger partial charge in [0, 0.05) is 20.0 Å². The predicted molar refractivity (Wildman–Crippen MR) is 95.3 cm³/mol. The van der Waals surface area contributed by atoms with Gasteiger partial charge in [0.15, 0.2) is 11.5 Å². The fraction of sp³-hybridized carbons (Fsp3) is 0.316. The molecular formula is C19H20ClNO4. The molecule has 0 saturated heterocycles. The van der Waals surface area contributed by atoms with Gasteiger partial charge < -0.3 is 19.5 Å². The highest BCUT2D eigenvalue weighted by Crippen LogP contribution is 2.38. The summed E-state index contributed by atoms with van der Waals surface area (Å²) in [5.41, 5.74) is 1.74. The van der Waals surface area contributed by atoms with Crippen LogP contribution in [0.1, 0.15) is 17.5 Å². The summed E-state index contributed by atoms with van der Waals surface area (Å²) in [7, 11) is 1.75. The average molecular weight is 362 g/mol. The molecule has 0 aliphatic carbocycles. The van der Waals surface area contributed by atoms with Gasteiger partial charge in [-0.1, -0.05) is 23.7 Å². The highest BCUT2D eigenvalue weighted by Gasteiger charge is 2.18. The van der Waals surface area contributed by atoms with Gasteiger partial charge in [0.2, 0.25) is 5.91 Å². The third-order valence-electron chi connectivity index (χ3n) is 4.00. The Labute approximate surface area is 151 Å². The number of rotatable bonds is 4. The summed E-state index contributed by atoms with van der Waals surface area (Å²) < 4.78 is 11.3. The summed E-state index contributed by atoms with van der Waals surface area (Å²) in [5.74, 6) is 1.32. The van der Waals surface area contributed by atoms with Crippen LogP contribution in [0.2, 0.25) is 5.02 Å². The second kappa shape index (κ2) is 7.66. The van der Waals surface area contributed by atoms with Crippen LogP contribution in [0.3, 0.4) is 0 Å². The molecule has 0 spiro atoms. The van der Waals surface area contributed by atoms with E-state index in [4.69, 9.17) is 21.1 Å². The van der Waals surface area contributed by atoms with Crippen molar-refractivity contribution in [2.75, 3.05) is 20.3 Å². The van der Waals surface area contributed by atoms with E-state index in [-0.39, 0.29) is 18.1 Å². The Bertz CT molecular complexity index is 761. The van der Waals surface area contributed by atoms with E-state index in [1.54, 1.807) is 42.3 Å². The zero-order chi connectivity index (χ0) is 17.8. The molecule has 5 nitrogen and oxygen atoms in total. The molecule has 0 atom stereocenters. The zero-order valence-electron chi connectivity index (χ0n) is 14.0. The number of fused-ring (bicyclic) bond motifs is 1. The van der Waals surface area contributed by atoms with Gasteiger partial charge in [-0.2, -0.15) is 0 Å². The van der Waals surface area contributed by atoms with Gasteiger partial charge in [-0.25, -0.2) is 0 Å². The summed E-state index contributed by atoms with van der Waals surface area (Å²) in [6.45, 7) is 1.61. The van der Waals surface area contributed by atoms with E-state index >= 15 is 0 Å². The van der Waals surface area contributed by atoms with Crippen LogP contribution < -0.4 is 9.47 Å². The lowest BCUT2D eigenvalue weighted by Crippen LogP contribution is -2.27. The Kier molecular flexibility index (Phi) is 5.34. The number of carbonyl (C=O) groups is 1. The first-order valence-electron chi connectivity index (χ1n) is 8.13. The molecule has 25 heavy (non-hydrogen) atoms. The minimum atomic E-state index is -0.0290. The van der Waals surface area contributed by atoms with E-state index in [1.807, 2.05) is 6.07 Å². The topological polar surface area (TPSA) is 59.0 Å². The molecule has 0 aromatic heterocycles. The van der Waals surface area contributed by atoms with Crippen molar-refractivity contribution in [3.63, 3.8) is 0 Å². The summed E-state index contributed by atoms with van der Waals surface area (Å²) in [4.78, 5) is 14.1. The third kappa shape index (κ3) is 4.37. The second-order valence-electron chi connectivity index (χ2n) is 6.05. The maximum Gasteiger partial charge on any atom is 0.227 e. The number of ether oxygens (including phenoxy) is 2. The molecule has 0 unspecified atom stereocenters. The predicted octanol–water partition coefficient (Wildman–Crippen LogP) is 3.41. The van der Waals surface area contributed by atoms with Crippen molar-refractivity contribution in [1.82, 2.24) is 4.90 Å². The Morgan fingerprint density at radius 3 is 2.64 bits per heavy atom. The third-order valence-corrected chi connectivity index (χ3v) is 4.28. The molecule has 0 bridgehead atoms. The lowest BCUT2D eigenvalue weighted by molar-refractivity contribution is -0.129. The summed E-state index contributed by atoms with van der Waals surface area (Å²) in [5, 5.41) is 9.78. The molecule has 2 aromatic rings. The molecule has 132 valence electrons. The van der Waals surface area contributed by atoms with Gasteiger partial charge in [-0.15, -0.1) is 0 Å². The molecular weight excluding hydrogens is 342 g/mol. The van der Waals surface area contributed by atoms with Crippen LogP contribution in [-0.2, 0) is 17.8 Å². The lowest BCUT2D eigenvalue weighted by atomic mass is 10.1. The van der Waals surface area contributed by atoms with Crippen molar-refractivity contribution < 1.29 is 19.4 Å². The van der Waals surface area contributed by atoms with Gasteiger partial charge in [-0.05, 0) is 35.4 Å². The van der Waals surface area contributed by atoms with Crippen molar-refractivity contribution in [2.45, 2.75) is 19.4 Å². The van der Waals surface area contributed by atoms with Crippen molar-refractivity contribution >= 4 is 17.5 Å². The number of amides is 1. The normalized spacial score (nSPS) is 13.2. The maximum absolute atomic E-state index is 12.5. The average Bonchev–Trinajstić information content (AvgIpc) is 2.82. The smallest absolute Gasteiger partial charge is 0.227 e. The molecule has 0 radical (unpaired) electrons. The number of aromatic hydroxyl groups is 1. The number of phenolic OH excluding ortho intramolecular Hbond substituents is 1. The highest BCUT2D eigenvalue weighted by molar-refractivity contribution is 6.32. The molecule has 0 fully saturated rings. The Morgan fingerprint density at radius 1 is 1.16 bits per heavy atom. The van der Waals surface area contributed by atoms with Gasteiger partial charge in [0.25, 0.3) is 0 Å². The van der Waals surface area contributed by atoms with E-state index in [9.17, 15) is 9.90 Å². The first-order valence-corrected chi connectivity index (χ1v) is 8.50. The number of likely N-dealkylation sites (N-methyl/N-ethyl adjacent to an activating group) is 1. The highest BCUT2D eigenvalue weighted by atomic mass is 35.5. The van der Waals surface area contributed by atoms with Crippen LogP contribution in [0.5, 0.6) is 17.2 Å². The van der Waals surface area contributed by atoms with Crippen LogP contribution in [0, 0.1) is 0 Å². The summed E-state index contributed by atoms with van der Waals surface area (Å²) in [6, 6.07) is 10.4. The SMILES string of the molecule is CN(Cc1ccc(O)cc1)C(=O)Cc1cc(Cl)c2c(c1)OCCCO2. The van der Waals surface area contributed by atoms with Crippen LogP contribution in [0.25, 0.3) is 0 Å². The second-order valence-corrected chi connectivity index (χ2v) is 6.46. The molecule has 1 aliphatic heterocycles. The Morgan fingerprint density at radius 2 is 1.88 bits per heavy atom. The van der Waals surface area contributed by atoms with Crippen LogP contribution in [0.4, 0.5) is 0 Å². The van der Waals surface area contributed by atoms with Crippen LogP contribution >= 0.6 is 11.6 Å². The zero-order valence-corrected chi connectivity index (χ0v) is 14.8. The van der Waals surface area contributed by atoms with Crippen LogP contribution in [0.15, 0.2) is 36.4 Å². The first-order chi connectivity index (χ1) is 12.0. The van der Waals surface area contributed by atoms with Crippen LogP contribution in [-0.4, -0.2) is 36.2 Å². The Balaban J connectivity index is 1.68. The molecule has 2 aromatic carbocycles. The quantitative estimate of drug-likeness (QED) is 0.906. The van der Waals surface area contributed by atoms with Gasteiger partial charge in [0.1, 0.15) is 5.75 Å². The largest absolute Gasteiger partial charge is 0.508 e. The molecule has 6 heteroatoms. The van der Waals surface area contributed by atoms with E-state index in [0.717, 1.165) is 17.5 Å². The maximum atomic E-state index is 12.5. The Hall–Kier alpha value is -2.40. The van der Waals surface area contributed by atoms with Crippen molar-refractivity contribution in [2.24, 2.45) is 0 Å². The number of phenols is 1. The number of hydrogen-bond acceptors (Lipinski definition) is 4. The van der Waals surface area contributed by atoms with Gasteiger partial charge in [-0.3, -0.25) is 4.79 Å². The summed E-state index contributed by atoms with van der Waals surface area (Å²) >= 11 is 6.27. The molecule has 0 saturated carbocycles. The number of halogens is 1. The minimum Gasteiger partial charge on any atom is -0.508 e. The van der Waals surface area contributed by atoms with Crippen molar-refractivity contribution in [1.29, 1.82) is 0 Å². The molecule has 3 rings (SSSR count). The number of benzene rings is 2. The minimum absolute atomic E-state index is 0.0290. The van der Waals surface area contributed by atoms with Gasteiger partial charge >= 0.3 is 0 Å². The fourth-order valence-corrected chi connectivity index (χ4v) is 2.95. The number of carbonyl (C=O) groups excluding carboxylic acids is 1. The first kappa shape index (κ1) is 17.4.